The van der Waals surface area contributed by atoms with Crippen LogP contribution in [-0.2, 0) is 9.59 Å². The minimum atomic E-state index is -0.557. The Balaban J connectivity index is 1.70. The van der Waals surface area contributed by atoms with Crippen LogP contribution in [0.5, 0.6) is 0 Å². The largest absolute Gasteiger partial charge is 0.334 e. The number of hydrogen-bond acceptors (Lipinski definition) is 3. The van der Waals surface area contributed by atoms with Gasteiger partial charge in [0.05, 0.1) is 5.69 Å². The number of benzene rings is 2. The molecule has 1 N–H and O–H groups in total. The standard InChI is InChI=1S/C19H20N2O2S/c22-18(19(23)21-13-7-2-8-14-21)20-16-11-5-6-12-17(16)24-15-9-3-1-4-10-15/h1,3-6,9-12H,2,7-8,13-14H2,(H,20,22). The topological polar surface area (TPSA) is 49.4 Å². The van der Waals surface area contributed by atoms with Crippen LogP contribution in [0.1, 0.15) is 19.3 Å². The van der Waals surface area contributed by atoms with Crippen molar-refractivity contribution < 1.29 is 9.59 Å². The van der Waals surface area contributed by atoms with Crippen molar-refractivity contribution >= 4 is 29.3 Å². The minimum absolute atomic E-state index is 0.436. The molecule has 2 aromatic carbocycles. The maximum Gasteiger partial charge on any atom is 0.313 e. The molecule has 124 valence electrons. The Bertz CT molecular complexity index is 712. The molecule has 1 aliphatic rings. The quantitative estimate of drug-likeness (QED) is 0.865. The molecule has 0 aromatic heterocycles. The fraction of sp³-hybridized carbons (Fsp3) is 0.263. The molecule has 1 saturated heterocycles. The van der Waals surface area contributed by atoms with Gasteiger partial charge in [0.25, 0.3) is 0 Å². The number of nitrogens with zero attached hydrogens (tertiary/aromatic N) is 1. The normalized spacial score (nSPS) is 14.2. The highest BCUT2D eigenvalue weighted by atomic mass is 32.2. The molecule has 1 aliphatic heterocycles. The fourth-order valence-electron chi connectivity index (χ4n) is 2.69. The summed E-state index contributed by atoms with van der Waals surface area (Å²) in [6, 6.07) is 17.5. The Hall–Kier alpha value is -2.27. The zero-order valence-electron chi connectivity index (χ0n) is 13.4. The summed E-state index contributed by atoms with van der Waals surface area (Å²) in [5.41, 5.74) is 0.668. The summed E-state index contributed by atoms with van der Waals surface area (Å²) in [5, 5.41) is 2.78. The molecular weight excluding hydrogens is 320 g/mol. The Morgan fingerprint density at radius 1 is 0.875 bits per heavy atom. The maximum atomic E-state index is 12.3. The summed E-state index contributed by atoms with van der Waals surface area (Å²) in [6.07, 6.45) is 3.07. The summed E-state index contributed by atoms with van der Waals surface area (Å²) in [6.45, 7) is 1.35. The van der Waals surface area contributed by atoms with Gasteiger partial charge in [0.2, 0.25) is 0 Å². The molecule has 0 saturated carbocycles. The first kappa shape index (κ1) is 16.6. The van der Waals surface area contributed by atoms with E-state index in [0.717, 1.165) is 29.1 Å². The second-order valence-electron chi connectivity index (χ2n) is 5.72. The van der Waals surface area contributed by atoms with Gasteiger partial charge in [-0.05, 0) is 43.5 Å². The van der Waals surface area contributed by atoms with E-state index in [-0.39, 0.29) is 0 Å². The third-order valence-electron chi connectivity index (χ3n) is 3.94. The number of amides is 2. The number of likely N-dealkylation sites (tertiary alicyclic amines) is 1. The number of hydrogen-bond donors (Lipinski definition) is 1. The van der Waals surface area contributed by atoms with Crippen LogP contribution in [0.15, 0.2) is 64.4 Å². The Morgan fingerprint density at radius 2 is 1.54 bits per heavy atom. The van der Waals surface area contributed by atoms with E-state index in [0.29, 0.717) is 18.8 Å². The second kappa shape index (κ2) is 8.02. The number of carbonyl (C=O) groups excluding carboxylic acids is 2. The maximum absolute atomic E-state index is 12.3. The summed E-state index contributed by atoms with van der Waals surface area (Å²) < 4.78 is 0. The van der Waals surface area contributed by atoms with Crippen molar-refractivity contribution in [2.75, 3.05) is 18.4 Å². The van der Waals surface area contributed by atoms with Crippen molar-refractivity contribution in [2.24, 2.45) is 0 Å². The summed E-state index contributed by atoms with van der Waals surface area (Å²) >= 11 is 1.56. The van der Waals surface area contributed by atoms with Crippen LogP contribution < -0.4 is 5.32 Å². The molecule has 0 atom stereocenters. The predicted octanol–water partition coefficient (Wildman–Crippen LogP) is 3.79. The monoisotopic (exact) mass is 340 g/mol. The first-order valence-corrected chi connectivity index (χ1v) is 8.98. The molecule has 2 aromatic rings. The highest BCUT2D eigenvalue weighted by Gasteiger charge is 2.23. The van der Waals surface area contributed by atoms with Gasteiger partial charge in [-0.25, -0.2) is 0 Å². The van der Waals surface area contributed by atoms with Crippen molar-refractivity contribution in [1.82, 2.24) is 4.90 Å². The molecule has 0 bridgehead atoms. The Labute approximate surface area is 146 Å². The van der Waals surface area contributed by atoms with Gasteiger partial charge in [-0.15, -0.1) is 0 Å². The molecule has 2 amide bonds. The third-order valence-corrected chi connectivity index (χ3v) is 5.03. The van der Waals surface area contributed by atoms with Crippen molar-refractivity contribution in [3.8, 4) is 0 Å². The smallest absolute Gasteiger partial charge is 0.313 e. The molecule has 1 fully saturated rings. The van der Waals surface area contributed by atoms with Gasteiger partial charge in [0.15, 0.2) is 0 Å². The summed E-state index contributed by atoms with van der Waals surface area (Å²) in [5.74, 6) is -0.993. The molecule has 24 heavy (non-hydrogen) atoms. The van der Waals surface area contributed by atoms with Crippen LogP contribution in [0.3, 0.4) is 0 Å². The third kappa shape index (κ3) is 4.17. The SMILES string of the molecule is O=C(Nc1ccccc1Sc1ccccc1)C(=O)N1CCCCC1. The molecule has 5 heteroatoms. The number of carbonyl (C=O) groups is 2. The van der Waals surface area contributed by atoms with Gasteiger partial charge in [0, 0.05) is 22.9 Å². The predicted molar refractivity (Wildman–Crippen MR) is 96.1 cm³/mol. The number of nitrogens with one attached hydrogen (secondary N) is 1. The van der Waals surface area contributed by atoms with Gasteiger partial charge in [-0.1, -0.05) is 42.1 Å². The van der Waals surface area contributed by atoms with Crippen molar-refractivity contribution in [3.05, 3.63) is 54.6 Å². The van der Waals surface area contributed by atoms with Gasteiger partial charge in [0.1, 0.15) is 0 Å². The lowest BCUT2D eigenvalue weighted by Crippen LogP contribution is -2.42. The molecule has 0 unspecified atom stereocenters. The van der Waals surface area contributed by atoms with Crippen molar-refractivity contribution in [3.63, 3.8) is 0 Å². The van der Waals surface area contributed by atoms with Gasteiger partial charge in [-0.3, -0.25) is 9.59 Å². The van der Waals surface area contributed by atoms with Crippen molar-refractivity contribution in [1.29, 1.82) is 0 Å². The molecule has 0 aliphatic carbocycles. The average molecular weight is 340 g/mol. The first-order chi connectivity index (χ1) is 11.7. The lowest BCUT2D eigenvalue weighted by atomic mass is 10.1. The van der Waals surface area contributed by atoms with E-state index >= 15 is 0 Å². The van der Waals surface area contributed by atoms with Crippen molar-refractivity contribution in [2.45, 2.75) is 29.1 Å². The molecule has 4 nitrogen and oxygen atoms in total. The van der Waals surface area contributed by atoms with Gasteiger partial charge >= 0.3 is 11.8 Å². The molecule has 1 heterocycles. The lowest BCUT2D eigenvalue weighted by molar-refractivity contribution is -0.143. The molecule has 0 radical (unpaired) electrons. The summed E-state index contributed by atoms with van der Waals surface area (Å²) in [7, 11) is 0. The van der Waals surface area contributed by atoms with Gasteiger partial charge < -0.3 is 10.2 Å². The lowest BCUT2D eigenvalue weighted by Gasteiger charge is -2.26. The van der Waals surface area contributed by atoms with Gasteiger partial charge in [-0.2, -0.15) is 0 Å². The summed E-state index contributed by atoms with van der Waals surface area (Å²) in [4.78, 5) is 28.2. The van der Waals surface area contributed by atoms with Crippen LogP contribution in [0.2, 0.25) is 0 Å². The van der Waals surface area contributed by atoms with E-state index in [9.17, 15) is 9.59 Å². The number of para-hydroxylation sites is 1. The Kier molecular flexibility index (Phi) is 5.54. The van der Waals surface area contributed by atoms with Crippen LogP contribution >= 0.6 is 11.8 Å². The van der Waals surface area contributed by atoms with E-state index in [2.05, 4.69) is 5.32 Å². The number of rotatable bonds is 3. The zero-order valence-corrected chi connectivity index (χ0v) is 14.2. The molecule has 3 rings (SSSR count). The van der Waals surface area contributed by atoms with Crippen LogP contribution in [0.4, 0.5) is 5.69 Å². The van der Waals surface area contributed by atoms with E-state index < -0.39 is 11.8 Å². The second-order valence-corrected chi connectivity index (χ2v) is 6.83. The van der Waals surface area contributed by atoms with Crippen LogP contribution in [0, 0.1) is 0 Å². The van der Waals surface area contributed by atoms with E-state index in [1.54, 1.807) is 16.7 Å². The van der Waals surface area contributed by atoms with Crippen LogP contribution in [0.25, 0.3) is 0 Å². The Morgan fingerprint density at radius 3 is 2.29 bits per heavy atom. The van der Waals surface area contributed by atoms with E-state index in [1.807, 2.05) is 54.6 Å². The molecular formula is C19H20N2O2S. The van der Waals surface area contributed by atoms with Crippen LogP contribution in [-0.4, -0.2) is 29.8 Å². The molecule has 0 spiro atoms. The zero-order chi connectivity index (χ0) is 16.8. The highest BCUT2D eigenvalue weighted by molar-refractivity contribution is 7.99. The van der Waals surface area contributed by atoms with E-state index in [4.69, 9.17) is 0 Å². The highest BCUT2D eigenvalue weighted by Crippen LogP contribution is 2.33. The average Bonchev–Trinajstić information content (AvgIpc) is 2.64. The minimum Gasteiger partial charge on any atom is -0.334 e. The number of anilines is 1. The first-order valence-electron chi connectivity index (χ1n) is 8.16. The van der Waals surface area contributed by atoms with E-state index in [1.165, 1.54) is 0 Å². The fourth-order valence-corrected chi connectivity index (χ4v) is 3.61. The number of piperidine rings is 1.